The van der Waals surface area contributed by atoms with E-state index in [1.807, 2.05) is 0 Å². The van der Waals surface area contributed by atoms with Crippen molar-refractivity contribution in [2.24, 2.45) is 0 Å². The van der Waals surface area contributed by atoms with Crippen molar-refractivity contribution in [1.82, 2.24) is 0 Å². The van der Waals surface area contributed by atoms with Crippen molar-refractivity contribution in [3.05, 3.63) is 57.7 Å². The third-order valence-corrected chi connectivity index (χ3v) is 5.00. The van der Waals surface area contributed by atoms with Crippen LogP contribution in [0.4, 0.5) is 0 Å². The topological polar surface area (TPSA) is 135 Å². The van der Waals surface area contributed by atoms with Gasteiger partial charge in [0.15, 0.2) is 17.2 Å². The largest absolute Gasteiger partial charge is 0.507 e. The first-order chi connectivity index (χ1) is 11.7. The van der Waals surface area contributed by atoms with Crippen molar-refractivity contribution in [2.45, 2.75) is 24.7 Å². The molecule has 128 valence electrons. The van der Waals surface area contributed by atoms with Crippen molar-refractivity contribution >= 4 is 17.3 Å². The minimum absolute atomic E-state index is 0.0616. The van der Waals surface area contributed by atoms with Crippen LogP contribution in [0.15, 0.2) is 46.6 Å². The number of phenols is 1. The van der Waals surface area contributed by atoms with Gasteiger partial charge in [-0.25, -0.2) is 0 Å². The van der Waals surface area contributed by atoms with Crippen LogP contribution in [0.2, 0.25) is 0 Å². The number of aromatic hydroxyl groups is 1. The van der Waals surface area contributed by atoms with E-state index in [9.17, 15) is 35.1 Å². The zero-order chi connectivity index (χ0) is 18.3. The molecule has 0 saturated heterocycles. The smallest absolute Gasteiger partial charge is 0.198 e. The lowest BCUT2D eigenvalue weighted by Gasteiger charge is -2.37. The fourth-order valence-corrected chi connectivity index (χ4v) is 3.62. The quantitative estimate of drug-likeness (QED) is 0.453. The minimum Gasteiger partial charge on any atom is -0.507 e. The highest BCUT2D eigenvalue weighted by atomic mass is 16.4. The van der Waals surface area contributed by atoms with E-state index in [1.165, 1.54) is 24.3 Å². The average molecular weight is 342 g/mol. The number of carbonyl (C=O) groups is 2. The fraction of sp³-hybridized carbons (Fsp3) is 0.222. The van der Waals surface area contributed by atoms with Gasteiger partial charge in [-0.1, -0.05) is 12.1 Å². The number of rotatable bonds is 0. The number of Topliss-reactive ketones (excluding diaryl/α,β-unsaturated/α-hetero) is 2. The molecule has 0 bridgehead atoms. The van der Waals surface area contributed by atoms with Crippen LogP contribution >= 0.6 is 0 Å². The van der Waals surface area contributed by atoms with Crippen LogP contribution in [0.25, 0.3) is 5.76 Å². The van der Waals surface area contributed by atoms with Crippen molar-refractivity contribution in [3.63, 3.8) is 0 Å². The van der Waals surface area contributed by atoms with Crippen molar-refractivity contribution in [2.75, 3.05) is 0 Å². The summed E-state index contributed by atoms with van der Waals surface area (Å²) in [6, 6.07) is 4.17. The van der Waals surface area contributed by atoms with Crippen LogP contribution < -0.4 is 0 Å². The van der Waals surface area contributed by atoms with E-state index in [4.69, 9.17) is 0 Å². The van der Waals surface area contributed by atoms with Gasteiger partial charge < -0.3 is 25.5 Å². The molecule has 5 N–H and O–H groups in total. The van der Waals surface area contributed by atoms with Gasteiger partial charge in [0.2, 0.25) is 0 Å². The Labute approximate surface area is 141 Å². The van der Waals surface area contributed by atoms with E-state index in [2.05, 4.69) is 0 Å². The van der Waals surface area contributed by atoms with E-state index in [0.29, 0.717) is 0 Å². The number of hydrogen-bond acceptors (Lipinski definition) is 7. The summed E-state index contributed by atoms with van der Waals surface area (Å²) >= 11 is 0. The highest BCUT2D eigenvalue weighted by molar-refractivity contribution is 6.24. The first-order valence-electron chi connectivity index (χ1n) is 7.58. The molecule has 0 fully saturated rings. The summed E-state index contributed by atoms with van der Waals surface area (Å²) in [7, 11) is 0. The summed E-state index contributed by atoms with van der Waals surface area (Å²) in [6.45, 7) is 1.07. The van der Waals surface area contributed by atoms with E-state index in [-0.39, 0.29) is 44.9 Å². The third kappa shape index (κ3) is 1.74. The second-order valence-corrected chi connectivity index (χ2v) is 6.50. The summed E-state index contributed by atoms with van der Waals surface area (Å²) in [5, 5.41) is 51.2. The first-order valence-corrected chi connectivity index (χ1v) is 7.58. The molecule has 3 atom stereocenters. The molecule has 4 rings (SSSR count). The maximum absolute atomic E-state index is 12.7. The number of aliphatic hydroxyl groups excluding tert-OH is 3. The Balaban J connectivity index is 2.03. The standard InChI is InChI=1S/C18H14O7/c1-18(25)16(23)8-5-7-11(12(8)15(22)17(18)24)13(20)6-3-2-4-9(19)10(6)14(7)21/h2-5,15,17,19-20,22,24-25H,1H3/t15-,17-,18-/m1/s1. The molecule has 0 radical (unpaired) electrons. The van der Waals surface area contributed by atoms with Gasteiger partial charge in [-0.3, -0.25) is 9.59 Å². The van der Waals surface area contributed by atoms with Gasteiger partial charge in [-0.05, 0) is 19.1 Å². The second-order valence-electron chi connectivity index (χ2n) is 6.50. The van der Waals surface area contributed by atoms with Crippen LogP contribution in [-0.2, 0) is 4.79 Å². The molecule has 0 saturated carbocycles. The number of benzene rings is 1. The van der Waals surface area contributed by atoms with Gasteiger partial charge in [0.25, 0.3) is 0 Å². The Morgan fingerprint density at radius 2 is 1.80 bits per heavy atom. The van der Waals surface area contributed by atoms with Crippen molar-refractivity contribution in [1.29, 1.82) is 0 Å². The van der Waals surface area contributed by atoms with Crippen molar-refractivity contribution < 1.29 is 35.1 Å². The molecule has 3 aliphatic rings. The lowest BCUT2D eigenvalue weighted by Crippen LogP contribution is -2.56. The van der Waals surface area contributed by atoms with Crippen LogP contribution in [0.1, 0.15) is 22.8 Å². The SMILES string of the molecule is C[C@@]1(O)C(=O)C2=C(C3=C(O)c4cccc(O)c4C(=O)C3=C2)[C@@H](O)[C@H]1O. The van der Waals surface area contributed by atoms with E-state index in [1.54, 1.807) is 0 Å². The maximum Gasteiger partial charge on any atom is 0.198 e. The fourth-order valence-electron chi connectivity index (χ4n) is 3.62. The lowest BCUT2D eigenvalue weighted by atomic mass is 9.75. The molecule has 1 aromatic rings. The summed E-state index contributed by atoms with van der Waals surface area (Å²) < 4.78 is 0. The Bertz CT molecular complexity index is 962. The zero-order valence-electron chi connectivity index (χ0n) is 13.0. The molecule has 0 aliphatic heterocycles. The van der Waals surface area contributed by atoms with E-state index >= 15 is 0 Å². The molecule has 0 amide bonds. The molecule has 0 spiro atoms. The third-order valence-electron chi connectivity index (χ3n) is 5.00. The van der Waals surface area contributed by atoms with E-state index < -0.39 is 29.4 Å². The zero-order valence-corrected chi connectivity index (χ0v) is 13.0. The molecular formula is C18H14O7. The molecule has 7 nitrogen and oxygen atoms in total. The first kappa shape index (κ1) is 15.8. The summed E-state index contributed by atoms with van der Waals surface area (Å²) in [4.78, 5) is 25.2. The second kappa shape index (κ2) is 4.66. The molecule has 0 aromatic heterocycles. The summed E-state index contributed by atoms with van der Waals surface area (Å²) in [6.07, 6.45) is -2.31. The molecule has 3 aliphatic carbocycles. The van der Waals surface area contributed by atoms with Gasteiger partial charge in [-0.2, -0.15) is 0 Å². The minimum atomic E-state index is -2.23. The van der Waals surface area contributed by atoms with Gasteiger partial charge in [0.1, 0.15) is 23.7 Å². The molecule has 0 unspecified atom stereocenters. The Morgan fingerprint density at radius 1 is 1.12 bits per heavy atom. The highest BCUT2D eigenvalue weighted by Gasteiger charge is 2.54. The van der Waals surface area contributed by atoms with E-state index in [0.717, 1.165) is 6.92 Å². The number of ketones is 2. The summed E-state index contributed by atoms with van der Waals surface area (Å²) in [5.74, 6) is -2.19. The Hall–Kier alpha value is -2.74. The molecule has 25 heavy (non-hydrogen) atoms. The maximum atomic E-state index is 12.7. The van der Waals surface area contributed by atoms with Gasteiger partial charge in [0.05, 0.1) is 5.56 Å². The van der Waals surface area contributed by atoms with Crippen LogP contribution in [0.3, 0.4) is 0 Å². The van der Waals surface area contributed by atoms with Crippen LogP contribution in [0.5, 0.6) is 5.75 Å². The number of phenolic OH excluding ortho intramolecular Hbond substituents is 1. The molecule has 0 heterocycles. The normalized spacial score (nSPS) is 31.0. The molecular weight excluding hydrogens is 328 g/mol. The Kier molecular flexibility index (Phi) is 2.94. The Morgan fingerprint density at radius 3 is 2.48 bits per heavy atom. The lowest BCUT2D eigenvalue weighted by molar-refractivity contribution is -0.154. The number of hydrogen-bond donors (Lipinski definition) is 5. The summed E-state index contributed by atoms with van der Waals surface area (Å²) in [5.41, 5.74) is -2.64. The molecule has 7 heteroatoms. The average Bonchev–Trinajstić information content (AvgIpc) is 2.97. The predicted octanol–water partition coefficient (Wildman–Crippen LogP) is 0.150. The van der Waals surface area contributed by atoms with Gasteiger partial charge in [0, 0.05) is 27.9 Å². The van der Waals surface area contributed by atoms with Crippen LogP contribution in [-0.4, -0.2) is 54.9 Å². The number of fused-ring (bicyclic) bond motifs is 3. The predicted molar refractivity (Wildman–Crippen MR) is 84.7 cm³/mol. The number of allylic oxidation sites excluding steroid dienone is 2. The van der Waals surface area contributed by atoms with Gasteiger partial charge in [-0.15, -0.1) is 0 Å². The highest BCUT2D eigenvalue weighted by Crippen LogP contribution is 2.48. The molecule has 1 aromatic carbocycles. The van der Waals surface area contributed by atoms with Crippen LogP contribution in [0, 0.1) is 0 Å². The monoisotopic (exact) mass is 342 g/mol. The number of carbonyl (C=O) groups excluding carboxylic acids is 2. The number of aliphatic hydroxyl groups is 4. The van der Waals surface area contributed by atoms with Gasteiger partial charge >= 0.3 is 0 Å². The van der Waals surface area contributed by atoms with Crippen molar-refractivity contribution in [3.8, 4) is 5.75 Å².